The lowest BCUT2D eigenvalue weighted by atomic mass is 10.4. The molecule has 0 spiro atoms. The standard InChI is InChI=1S/C5H4F4O4/c6-1(4(10)11)5(12)13-3(9)2(7)8/h1-3H,(H,10,11). The van der Waals surface area contributed by atoms with Crippen molar-refractivity contribution >= 4 is 11.9 Å². The molecule has 0 heterocycles. The van der Waals surface area contributed by atoms with Crippen LogP contribution in [-0.2, 0) is 14.3 Å². The maximum atomic E-state index is 12.1. The summed E-state index contributed by atoms with van der Waals surface area (Å²) in [5.74, 6) is -4.42. The fourth-order valence-corrected chi connectivity index (χ4v) is 0.323. The van der Waals surface area contributed by atoms with Gasteiger partial charge in [-0.15, -0.1) is 0 Å². The van der Waals surface area contributed by atoms with E-state index in [4.69, 9.17) is 5.11 Å². The van der Waals surface area contributed by atoms with Gasteiger partial charge >= 0.3 is 24.7 Å². The minimum Gasteiger partial charge on any atom is -0.479 e. The molecule has 2 atom stereocenters. The molecule has 0 amide bonds. The van der Waals surface area contributed by atoms with Crippen molar-refractivity contribution in [1.82, 2.24) is 0 Å². The first kappa shape index (κ1) is 11.7. The van der Waals surface area contributed by atoms with Crippen LogP contribution in [0.2, 0.25) is 0 Å². The highest BCUT2D eigenvalue weighted by molar-refractivity contribution is 5.96. The Hall–Kier alpha value is -1.34. The first-order valence-corrected chi connectivity index (χ1v) is 2.86. The van der Waals surface area contributed by atoms with Gasteiger partial charge in [-0.25, -0.2) is 22.8 Å². The van der Waals surface area contributed by atoms with Gasteiger partial charge in [-0.2, -0.15) is 4.39 Å². The summed E-state index contributed by atoms with van der Waals surface area (Å²) < 4.78 is 49.7. The average Bonchev–Trinajstić information content (AvgIpc) is 2.02. The highest BCUT2D eigenvalue weighted by Crippen LogP contribution is 2.09. The molecule has 0 aliphatic heterocycles. The molecule has 8 heteroatoms. The first-order valence-electron chi connectivity index (χ1n) is 2.86. The van der Waals surface area contributed by atoms with Crippen LogP contribution in [0.4, 0.5) is 17.6 Å². The van der Waals surface area contributed by atoms with Crippen LogP contribution >= 0.6 is 0 Å². The van der Waals surface area contributed by atoms with Crippen molar-refractivity contribution < 1.29 is 37.0 Å². The van der Waals surface area contributed by atoms with E-state index >= 15 is 0 Å². The second-order valence-corrected chi connectivity index (χ2v) is 1.82. The number of halogens is 4. The summed E-state index contributed by atoms with van der Waals surface area (Å²) >= 11 is 0. The van der Waals surface area contributed by atoms with E-state index in [9.17, 15) is 27.2 Å². The van der Waals surface area contributed by atoms with Gasteiger partial charge in [0.25, 0.3) is 6.17 Å². The monoisotopic (exact) mass is 204 g/mol. The smallest absolute Gasteiger partial charge is 0.355 e. The number of carboxylic acids is 1. The third-order valence-electron chi connectivity index (χ3n) is 0.851. The van der Waals surface area contributed by atoms with E-state index in [0.717, 1.165) is 0 Å². The maximum Gasteiger partial charge on any atom is 0.355 e. The Labute approximate surface area is 69.1 Å². The predicted molar refractivity (Wildman–Crippen MR) is 29.5 cm³/mol. The molecule has 0 fully saturated rings. The quantitative estimate of drug-likeness (QED) is 0.411. The zero-order valence-electron chi connectivity index (χ0n) is 5.92. The number of carbonyl (C=O) groups excluding carboxylic acids is 1. The molecule has 76 valence electrons. The molecule has 0 aromatic carbocycles. The molecule has 0 aromatic rings. The molecule has 0 aromatic heterocycles. The van der Waals surface area contributed by atoms with Crippen molar-refractivity contribution in [3.8, 4) is 0 Å². The number of esters is 1. The average molecular weight is 204 g/mol. The van der Waals surface area contributed by atoms with Crippen LogP contribution in [0.1, 0.15) is 0 Å². The number of hydrogen-bond acceptors (Lipinski definition) is 3. The van der Waals surface area contributed by atoms with E-state index in [2.05, 4.69) is 4.74 Å². The summed E-state index contributed by atoms with van der Waals surface area (Å²) in [7, 11) is 0. The Kier molecular flexibility index (Phi) is 4.15. The lowest BCUT2D eigenvalue weighted by molar-refractivity contribution is -0.183. The molecule has 0 radical (unpaired) electrons. The fraction of sp³-hybridized carbons (Fsp3) is 0.600. The summed E-state index contributed by atoms with van der Waals surface area (Å²) in [6.45, 7) is 0. The highest BCUT2D eigenvalue weighted by Gasteiger charge is 2.32. The third kappa shape index (κ3) is 3.72. The van der Waals surface area contributed by atoms with Gasteiger partial charge in [-0.3, -0.25) is 0 Å². The molecule has 0 aliphatic rings. The molecular weight excluding hydrogens is 200 g/mol. The number of aliphatic carboxylic acids is 1. The van der Waals surface area contributed by atoms with Gasteiger partial charge < -0.3 is 9.84 Å². The van der Waals surface area contributed by atoms with Crippen LogP contribution in [0.5, 0.6) is 0 Å². The van der Waals surface area contributed by atoms with Crippen LogP contribution < -0.4 is 0 Å². The first-order chi connectivity index (χ1) is 5.86. The summed E-state index contributed by atoms with van der Waals surface area (Å²) in [6.07, 6.45) is -10.1. The second kappa shape index (κ2) is 4.63. The van der Waals surface area contributed by atoms with Crippen molar-refractivity contribution in [2.45, 2.75) is 19.0 Å². The van der Waals surface area contributed by atoms with E-state index in [1.165, 1.54) is 0 Å². The summed E-state index contributed by atoms with van der Waals surface area (Å²) in [5.41, 5.74) is 0. The lowest BCUT2D eigenvalue weighted by Crippen LogP contribution is -2.31. The fourth-order valence-electron chi connectivity index (χ4n) is 0.323. The Bertz CT molecular complexity index is 207. The van der Waals surface area contributed by atoms with Crippen molar-refractivity contribution in [3.05, 3.63) is 0 Å². The summed E-state index contributed by atoms with van der Waals surface area (Å²) in [6, 6.07) is 0. The van der Waals surface area contributed by atoms with Gasteiger partial charge in [0.1, 0.15) is 0 Å². The Morgan fingerprint density at radius 2 is 1.62 bits per heavy atom. The molecule has 0 saturated carbocycles. The van der Waals surface area contributed by atoms with Gasteiger partial charge in [0.05, 0.1) is 0 Å². The van der Waals surface area contributed by atoms with E-state index in [1.54, 1.807) is 0 Å². The molecular formula is C5H4F4O4. The van der Waals surface area contributed by atoms with Crippen LogP contribution in [-0.4, -0.2) is 36.0 Å². The number of carboxylic acid groups (broad SMARTS) is 1. The minimum atomic E-state index is -3.63. The van der Waals surface area contributed by atoms with Gasteiger partial charge in [-0.05, 0) is 0 Å². The molecule has 0 saturated heterocycles. The maximum absolute atomic E-state index is 12.1. The van der Waals surface area contributed by atoms with Crippen molar-refractivity contribution in [2.24, 2.45) is 0 Å². The Morgan fingerprint density at radius 1 is 1.15 bits per heavy atom. The molecule has 13 heavy (non-hydrogen) atoms. The molecule has 0 rings (SSSR count). The SMILES string of the molecule is O=C(O)C(F)C(=O)OC(F)C(F)F. The minimum absolute atomic E-state index is 2.19. The van der Waals surface area contributed by atoms with Crippen molar-refractivity contribution in [1.29, 1.82) is 0 Å². The van der Waals surface area contributed by atoms with Crippen molar-refractivity contribution in [3.63, 3.8) is 0 Å². The van der Waals surface area contributed by atoms with E-state index in [1.807, 2.05) is 0 Å². The van der Waals surface area contributed by atoms with Crippen LogP contribution in [0.3, 0.4) is 0 Å². The van der Waals surface area contributed by atoms with Crippen LogP contribution in [0, 0.1) is 0 Å². The zero-order chi connectivity index (χ0) is 10.6. The van der Waals surface area contributed by atoms with Gasteiger partial charge in [0.15, 0.2) is 0 Å². The van der Waals surface area contributed by atoms with Crippen molar-refractivity contribution in [2.75, 3.05) is 0 Å². The molecule has 0 bridgehead atoms. The van der Waals surface area contributed by atoms with Gasteiger partial charge in [0.2, 0.25) is 0 Å². The molecule has 2 unspecified atom stereocenters. The number of rotatable bonds is 4. The summed E-state index contributed by atoms with van der Waals surface area (Å²) in [5, 5.41) is 7.82. The molecule has 1 N–H and O–H groups in total. The second-order valence-electron chi connectivity index (χ2n) is 1.82. The Balaban J connectivity index is 4.08. The highest BCUT2D eigenvalue weighted by atomic mass is 19.3. The number of ether oxygens (including phenoxy) is 1. The normalized spacial score (nSPS) is 15.2. The van der Waals surface area contributed by atoms with Gasteiger partial charge in [0, 0.05) is 0 Å². The predicted octanol–water partition coefficient (Wildman–Crippen LogP) is 0.513. The third-order valence-corrected chi connectivity index (χ3v) is 0.851. The largest absolute Gasteiger partial charge is 0.479 e. The lowest BCUT2D eigenvalue weighted by Gasteiger charge is -2.08. The molecule has 4 nitrogen and oxygen atoms in total. The number of carbonyl (C=O) groups is 2. The van der Waals surface area contributed by atoms with E-state index < -0.39 is 30.9 Å². The zero-order valence-corrected chi connectivity index (χ0v) is 5.92. The Morgan fingerprint density at radius 3 is 1.92 bits per heavy atom. The summed E-state index contributed by atoms with van der Waals surface area (Å²) in [4.78, 5) is 19.9. The number of alkyl halides is 4. The van der Waals surface area contributed by atoms with Gasteiger partial charge in [-0.1, -0.05) is 0 Å². The van der Waals surface area contributed by atoms with E-state index in [-0.39, 0.29) is 0 Å². The van der Waals surface area contributed by atoms with Crippen LogP contribution in [0.15, 0.2) is 0 Å². The van der Waals surface area contributed by atoms with Crippen LogP contribution in [0.25, 0.3) is 0 Å². The number of hydrogen-bond donors (Lipinski definition) is 1. The van der Waals surface area contributed by atoms with E-state index in [0.29, 0.717) is 0 Å². The topological polar surface area (TPSA) is 63.6 Å². The molecule has 0 aliphatic carbocycles.